The van der Waals surface area contributed by atoms with E-state index in [0.717, 1.165) is 0 Å². The average Bonchev–Trinajstić information content (AvgIpc) is 2.42. The number of amides is 3. The quantitative estimate of drug-likeness (QED) is 0.658. The van der Waals surface area contributed by atoms with E-state index < -0.39 is 12.0 Å². The second-order valence-corrected chi connectivity index (χ2v) is 5.13. The highest BCUT2D eigenvalue weighted by atomic mass is 16.4. The van der Waals surface area contributed by atoms with Gasteiger partial charge in [-0.2, -0.15) is 0 Å². The van der Waals surface area contributed by atoms with Crippen molar-refractivity contribution in [2.75, 3.05) is 19.6 Å². The third kappa shape index (κ3) is 4.71. The van der Waals surface area contributed by atoms with Crippen molar-refractivity contribution in [3.63, 3.8) is 0 Å². The number of carboxylic acids is 1. The molecule has 0 bridgehead atoms. The first-order valence-corrected chi connectivity index (χ1v) is 6.99. The van der Waals surface area contributed by atoms with Gasteiger partial charge in [0.05, 0.1) is 0 Å². The molecule has 1 aliphatic heterocycles. The third-order valence-electron chi connectivity index (χ3n) is 3.43. The zero-order valence-electron chi connectivity index (χ0n) is 12.0. The molecule has 7 heteroatoms. The Morgan fingerprint density at radius 1 is 1.55 bits per heavy atom. The highest BCUT2D eigenvalue weighted by molar-refractivity contribution is 5.88. The molecular weight excluding hydrogens is 262 g/mol. The Bertz CT molecular complexity index is 373. The first-order chi connectivity index (χ1) is 9.45. The first-order valence-electron chi connectivity index (χ1n) is 6.99. The summed E-state index contributed by atoms with van der Waals surface area (Å²) in [6.45, 7) is 5.15. The van der Waals surface area contributed by atoms with Crippen molar-refractivity contribution in [2.24, 2.45) is 5.92 Å². The van der Waals surface area contributed by atoms with E-state index in [-0.39, 0.29) is 24.3 Å². The molecule has 0 radical (unpaired) electrons. The van der Waals surface area contributed by atoms with Gasteiger partial charge in [0.1, 0.15) is 6.04 Å². The highest BCUT2D eigenvalue weighted by Crippen LogP contribution is 2.09. The lowest BCUT2D eigenvalue weighted by atomic mass is 10.1. The topological polar surface area (TPSA) is 98.7 Å². The Morgan fingerprint density at radius 3 is 2.85 bits per heavy atom. The minimum atomic E-state index is -0.832. The maximum Gasteiger partial charge on any atom is 0.318 e. The summed E-state index contributed by atoms with van der Waals surface area (Å²) in [4.78, 5) is 35.7. The maximum atomic E-state index is 12.1. The monoisotopic (exact) mass is 285 g/mol. The number of carbonyl (C=O) groups excluding carboxylic acids is 2. The van der Waals surface area contributed by atoms with Crippen LogP contribution in [0.5, 0.6) is 0 Å². The fourth-order valence-corrected chi connectivity index (χ4v) is 2.20. The van der Waals surface area contributed by atoms with Crippen molar-refractivity contribution in [2.45, 2.75) is 39.2 Å². The second kappa shape index (κ2) is 7.72. The standard InChI is InChI=1S/C13H23N3O4/c1-3-10-12(19)14-6-7-16(10)13(20)15-8-9(2)4-5-11(17)18/h9-10H,3-8H2,1-2H3,(H,14,19)(H,15,20)(H,17,18). The molecule has 3 amide bonds. The first kappa shape index (κ1) is 16.3. The summed E-state index contributed by atoms with van der Waals surface area (Å²) >= 11 is 0. The van der Waals surface area contributed by atoms with Gasteiger partial charge in [-0.25, -0.2) is 4.79 Å². The van der Waals surface area contributed by atoms with E-state index in [2.05, 4.69) is 10.6 Å². The van der Waals surface area contributed by atoms with E-state index in [1.54, 1.807) is 4.90 Å². The zero-order valence-corrected chi connectivity index (χ0v) is 12.0. The lowest BCUT2D eigenvalue weighted by molar-refractivity contribution is -0.137. The number of hydrogen-bond donors (Lipinski definition) is 3. The van der Waals surface area contributed by atoms with E-state index in [9.17, 15) is 14.4 Å². The molecule has 0 aromatic carbocycles. The van der Waals surface area contributed by atoms with Crippen molar-refractivity contribution in [3.8, 4) is 0 Å². The number of hydrogen-bond acceptors (Lipinski definition) is 3. The van der Waals surface area contributed by atoms with Gasteiger partial charge in [0.2, 0.25) is 5.91 Å². The van der Waals surface area contributed by atoms with Gasteiger partial charge in [-0.15, -0.1) is 0 Å². The number of aliphatic carboxylic acids is 1. The summed E-state index contributed by atoms with van der Waals surface area (Å²) in [5.41, 5.74) is 0. The molecule has 0 aliphatic carbocycles. The molecule has 0 spiro atoms. The van der Waals surface area contributed by atoms with E-state index in [1.165, 1.54) is 0 Å². The van der Waals surface area contributed by atoms with Gasteiger partial charge in [-0.05, 0) is 18.8 Å². The predicted molar refractivity (Wildman–Crippen MR) is 73.2 cm³/mol. The Hall–Kier alpha value is -1.79. The highest BCUT2D eigenvalue weighted by Gasteiger charge is 2.31. The van der Waals surface area contributed by atoms with Crippen LogP contribution in [-0.4, -0.2) is 53.6 Å². The van der Waals surface area contributed by atoms with Gasteiger partial charge >= 0.3 is 12.0 Å². The Balaban J connectivity index is 2.41. The molecular formula is C13H23N3O4. The smallest absolute Gasteiger partial charge is 0.318 e. The Labute approximate surface area is 118 Å². The number of rotatable bonds is 6. The summed E-state index contributed by atoms with van der Waals surface area (Å²) in [7, 11) is 0. The van der Waals surface area contributed by atoms with Crippen LogP contribution in [-0.2, 0) is 9.59 Å². The minimum Gasteiger partial charge on any atom is -0.481 e. The van der Waals surface area contributed by atoms with Crippen LogP contribution in [0.15, 0.2) is 0 Å². The van der Waals surface area contributed by atoms with Crippen molar-refractivity contribution in [3.05, 3.63) is 0 Å². The molecule has 2 atom stereocenters. The van der Waals surface area contributed by atoms with Gasteiger partial charge in [0.25, 0.3) is 0 Å². The fourth-order valence-electron chi connectivity index (χ4n) is 2.20. The SMILES string of the molecule is CCC1C(=O)NCCN1C(=O)NCC(C)CCC(=O)O. The van der Waals surface area contributed by atoms with Crippen LogP contribution < -0.4 is 10.6 Å². The van der Waals surface area contributed by atoms with Crippen LogP contribution in [0.25, 0.3) is 0 Å². The molecule has 0 aromatic heterocycles. The van der Waals surface area contributed by atoms with Crippen molar-refractivity contribution in [1.82, 2.24) is 15.5 Å². The van der Waals surface area contributed by atoms with Crippen LogP contribution >= 0.6 is 0 Å². The summed E-state index contributed by atoms with van der Waals surface area (Å²) in [6, 6.07) is -0.674. The number of nitrogens with one attached hydrogen (secondary N) is 2. The molecule has 1 aliphatic rings. The van der Waals surface area contributed by atoms with Gasteiger partial charge in [0, 0.05) is 26.1 Å². The van der Waals surface area contributed by atoms with Crippen LogP contribution in [0.1, 0.15) is 33.1 Å². The van der Waals surface area contributed by atoms with Crippen LogP contribution in [0.3, 0.4) is 0 Å². The number of urea groups is 1. The van der Waals surface area contributed by atoms with E-state index >= 15 is 0 Å². The van der Waals surface area contributed by atoms with Gasteiger partial charge < -0.3 is 20.6 Å². The fraction of sp³-hybridized carbons (Fsp3) is 0.769. The van der Waals surface area contributed by atoms with Gasteiger partial charge in [-0.1, -0.05) is 13.8 Å². The molecule has 20 heavy (non-hydrogen) atoms. The third-order valence-corrected chi connectivity index (χ3v) is 3.43. The van der Waals surface area contributed by atoms with E-state index in [1.807, 2.05) is 13.8 Å². The minimum absolute atomic E-state index is 0.0914. The lowest BCUT2D eigenvalue weighted by Gasteiger charge is -2.34. The molecule has 114 valence electrons. The molecule has 3 N–H and O–H groups in total. The Morgan fingerprint density at radius 2 is 2.25 bits per heavy atom. The Kier molecular flexibility index (Phi) is 6.27. The summed E-state index contributed by atoms with van der Waals surface area (Å²) in [6.07, 6.45) is 1.20. The van der Waals surface area contributed by atoms with Crippen molar-refractivity contribution >= 4 is 17.9 Å². The number of piperazine rings is 1. The molecule has 7 nitrogen and oxygen atoms in total. The number of carboxylic acid groups (broad SMARTS) is 1. The molecule has 2 unspecified atom stereocenters. The number of carbonyl (C=O) groups is 3. The molecule has 0 saturated carbocycles. The predicted octanol–water partition coefficient (Wildman–Crippen LogP) is 0.407. The van der Waals surface area contributed by atoms with E-state index in [0.29, 0.717) is 32.5 Å². The normalized spacial score (nSPS) is 20.2. The zero-order chi connectivity index (χ0) is 15.1. The molecule has 1 fully saturated rings. The summed E-state index contributed by atoms with van der Waals surface area (Å²) < 4.78 is 0. The van der Waals surface area contributed by atoms with Crippen molar-refractivity contribution in [1.29, 1.82) is 0 Å². The summed E-state index contributed by atoms with van der Waals surface area (Å²) in [5.74, 6) is -0.858. The number of nitrogens with zero attached hydrogens (tertiary/aromatic N) is 1. The average molecular weight is 285 g/mol. The van der Waals surface area contributed by atoms with Crippen LogP contribution in [0, 0.1) is 5.92 Å². The largest absolute Gasteiger partial charge is 0.481 e. The maximum absolute atomic E-state index is 12.1. The van der Waals surface area contributed by atoms with Crippen LogP contribution in [0.2, 0.25) is 0 Å². The molecule has 1 rings (SSSR count). The van der Waals surface area contributed by atoms with Crippen LogP contribution in [0.4, 0.5) is 4.79 Å². The van der Waals surface area contributed by atoms with Gasteiger partial charge in [-0.3, -0.25) is 9.59 Å². The van der Waals surface area contributed by atoms with E-state index in [4.69, 9.17) is 5.11 Å². The second-order valence-electron chi connectivity index (χ2n) is 5.13. The lowest BCUT2D eigenvalue weighted by Crippen LogP contribution is -2.59. The summed E-state index contributed by atoms with van der Waals surface area (Å²) in [5, 5.41) is 14.1. The molecule has 1 heterocycles. The van der Waals surface area contributed by atoms with Gasteiger partial charge in [0.15, 0.2) is 0 Å². The molecule has 0 aromatic rings. The molecule has 1 saturated heterocycles. The van der Waals surface area contributed by atoms with Crippen molar-refractivity contribution < 1.29 is 19.5 Å².